The second-order valence-corrected chi connectivity index (χ2v) is 4.89. The van der Waals surface area contributed by atoms with E-state index in [1.54, 1.807) is 0 Å². The van der Waals surface area contributed by atoms with Crippen LogP contribution in [0.25, 0.3) is 11.0 Å². The summed E-state index contributed by atoms with van der Waals surface area (Å²) in [4.78, 5) is 14.2. The van der Waals surface area contributed by atoms with Crippen molar-refractivity contribution in [2.45, 2.75) is 20.0 Å². The fourth-order valence-electron chi connectivity index (χ4n) is 2.37. The third-order valence-corrected chi connectivity index (χ3v) is 3.44. The molecule has 3 aromatic heterocycles. The highest BCUT2D eigenvalue weighted by molar-refractivity contribution is 5.76. The first-order chi connectivity index (χ1) is 9.85. The Morgan fingerprint density at radius 1 is 1.10 bits per heavy atom. The zero-order valence-corrected chi connectivity index (χ0v) is 11.6. The average molecular weight is 266 g/mol. The molecular formula is C16H18N4. The molecule has 0 radical (unpaired) electrons. The van der Waals surface area contributed by atoms with E-state index in [0.29, 0.717) is 0 Å². The summed E-state index contributed by atoms with van der Waals surface area (Å²) in [5.74, 6) is 0. The van der Waals surface area contributed by atoms with Gasteiger partial charge in [0.1, 0.15) is 5.65 Å². The maximum Gasteiger partial charge on any atom is 0.137 e. The molecule has 3 rings (SSSR count). The first kappa shape index (κ1) is 12.8. The Bertz CT molecular complexity index is 642. The minimum absolute atomic E-state index is 0.898. The molecule has 1 N–H and O–H groups in total. The van der Waals surface area contributed by atoms with Crippen LogP contribution in [0.4, 0.5) is 0 Å². The van der Waals surface area contributed by atoms with Gasteiger partial charge in [0, 0.05) is 42.8 Å². The van der Waals surface area contributed by atoms with Crippen LogP contribution in [-0.4, -0.2) is 26.4 Å². The van der Waals surface area contributed by atoms with Gasteiger partial charge in [-0.15, -0.1) is 0 Å². The molecule has 0 atom stereocenters. The maximum absolute atomic E-state index is 4.34. The van der Waals surface area contributed by atoms with Crippen molar-refractivity contribution in [2.75, 3.05) is 6.54 Å². The molecule has 0 aliphatic carbocycles. The number of nitrogens with one attached hydrogen (secondary N) is 1. The SMILES string of the molecule is CCN(Cc1ccncc1)Cc1cc2cccnc2[nH]1. The van der Waals surface area contributed by atoms with Gasteiger partial charge in [-0.05, 0) is 42.4 Å². The standard InChI is InChI=1S/C16H18N4/c1-2-20(11-13-5-8-17-9-6-13)12-15-10-14-4-3-7-18-16(14)19-15/h3-10H,2,11-12H2,1H3,(H,18,19). The molecule has 4 nitrogen and oxygen atoms in total. The summed E-state index contributed by atoms with van der Waals surface area (Å²) in [6.07, 6.45) is 5.50. The van der Waals surface area contributed by atoms with E-state index in [2.05, 4.69) is 51.0 Å². The second-order valence-electron chi connectivity index (χ2n) is 4.89. The fraction of sp³-hybridized carbons (Fsp3) is 0.250. The van der Waals surface area contributed by atoms with Crippen LogP contribution in [0, 0.1) is 0 Å². The highest BCUT2D eigenvalue weighted by atomic mass is 15.1. The van der Waals surface area contributed by atoms with E-state index in [1.165, 1.54) is 16.6 Å². The first-order valence-corrected chi connectivity index (χ1v) is 6.89. The largest absolute Gasteiger partial charge is 0.342 e. The number of nitrogens with zero attached hydrogens (tertiary/aromatic N) is 3. The van der Waals surface area contributed by atoms with Crippen LogP contribution in [0.1, 0.15) is 18.2 Å². The lowest BCUT2D eigenvalue weighted by atomic mass is 10.2. The third-order valence-electron chi connectivity index (χ3n) is 3.44. The van der Waals surface area contributed by atoms with Gasteiger partial charge in [0.25, 0.3) is 0 Å². The first-order valence-electron chi connectivity index (χ1n) is 6.89. The molecule has 0 aliphatic rings. The molecule has 4 heteroatoms. The minimum atomic E-state index is 0.898. The molecule has 0 saturated carbocycles. The van der Waals surface area contributed by atoms with Gasteiger partial charge in [-0.25, -0.2) is 4.98 Å². The Morgan fingerprint density at radius 2 is 1.95 bits per heavy atom. The van der Waals surface area contributed by atoms with Gasteiger partial charge in [0.05, 0.1) is 0 Å². The second kappa shape index (κ2) is 5.84. The predicted molar refractivity (Wildman–Crippen MR) is 80.1 cm³/mol. The number of pyridine rings is 2. The van der Waals surface area contributed by atoms with Gasteiger partial charge < -0.3 is 4.98 Å². The molecule has 3 aromatic rings. The van der Waals surface area contributed by atoms with Gasteiger partial charge in [0.2, 0.25) is 0 Å². The summed E-state index contributed by atoms with van der Waals surface area (Å²) in [6.45, 7) is 5.02. The van der Waals surface area contributed by atoms with Crippen molar-refractivity contribution in [3.8, 4) is 0 Å². The molecule has 0 spiro atoms. The van der Waals surface area contributed by atoms with Gasteiger partial charge in [-0.2, -0.15) is 0 Å². The lowest BCUT2D eigenvalue weighted by Crippen LogP contribution is -2.22. The van der Waals surface area contributed by atoms with Crippen LogP contribution >= 0.6 is 0 Å². The quantitative estimate of drug-likeness (QED) is 0.772. The van der Waals surface area contributed by atoms with Gasteiger partial charge in [-0.1, -0.05) is 6.92 Å². The maximum atomic E-state index is 4.34. The normalized spacial score (nSPS) is 11.3. The summed E-state index contributed by atoms with van der Waals surface area (Å²) in [5, 5.41) is 1.17. The number of hydrogen-bond acceptors (Lipinski definition) is 3. The number of aromatic amines is 1. The molecule has 0 unspecified atom stereocenters. The van der Waals surface area contributed by atoms with Crippen molar-refractivity contribution in [1.82, 2.24) is 19.9 Å². The zero-order chi connectivity index (χ0) is 13.8. The Labute approximate surface area is 118 Å². The predicted octanol–water partition coefficient (Wildman–Crippen LogP) is 2.98. The van der Waals surface area contributed by atoms with Crippen molar-refractivity contribution in [3.63, 3.8) is 0 Å². The monoisotopic (exact) mass is 266 g/mol. The fourth-order valence-corrected chi connectivity index (χ4v) is 2.37. The molecule has 0 aliphatic heterocycles. The molecule has 0 fully saturated rings. The molecule has 3 heterocycles. The van der Waals surface area contributed by atoms with Crippen LogP contribution in [0.3, 0.4) is 0 Å². The van der Waals surface area contributed by atoms with Gasteiger partial charge >= 0.3 is 0 Å². The zero-order valence-electron chi connectivity index (χ0n) is 11.6. The Hall–Kier alpha value is -2.20. The lowest BCUT2D eigenvalue weighted by Gasteiger charge is -2.19. The Morgan fingerprint density at radius 3 is 2.70 bits per heavy atom. The number of rotatable bonds is 5. The molecule has 102 valence electrons. The van der Waals surface area contributed by atoms with Crippen LogP contribution in [0.15, 0.2) is 48.9 Å². The lowest BCUT2D eigenvalue weighted by molar-refractivity contribution is 0.268. The highest BCUT2D eigenvalue weighted by Crippen LogP contribution is 2.15. The van der Waals surface area contributed by atoms with Gasteiger partial charge in [0.15, 0.2) is 0 Å². The minimum Gasteiger partial charge on any atom is -0.342 e. The number of H-pyrrole nitrogens is 1. The molecule has 20 heavy (non-hydrogen) atoms. The highest BCUT2D eigenvalue weighted by Gasteiger charge is 2.07. The number of fused-ring (bicyclic) bond motifs is 1. The molecule has 0 aromatic carbocycles. The van der Waals surface area contributed by atoms with Gasteiger partial charge in [-0.3, -0.25) is 9.88 Å². The summed E-state index contributed by atoms with van der Waals surface area (Å²) in [6, 6.07) is 10.4. The van der Waals surface area contributed by atoms with Crippen molar-refractivity contribution >= 4 is 11.0 Å². The number of aromatic nitrogens is 3. The van der Waals surface area contributed by atoms with E-state index in [-0.39, 0.29) is 0 Å². The van der Waals surface area contributed by atoms with E-state index in [1.807, 2.05) is 24.7 Å². The van der Waals surface area contributed by atoms with Crippen molar-refractivity contribution < 1.29 is 0 Å². The van der Waals surface area contributed by atoms with E-state index in [9.17, 15) is 0 Å². The molecule has 0 saturated heterocycles. The van der Waals surface area contributed by atoms with E-state index in [4.69, 9.17) is 0 Å². The van der Waals surface area contributed by atoms with E-state index < -0.39 is 0 Å². The van der Waals surface area contributed by atoms with Crippen LogP contribution in [0.2, 0.25) is 0 Å². The third kappa shape index (κ3) is 2.86. The topological polar surface area (TPSA) is 44.8 Å². The molecular weight excluding hydrogens is 248 g/mol. The summed E-state index contributed by atoms with van der Waals surface area (Å²) in [7, 11) is 0. The number of hydrogen-bond donors (Lipinski definition) is 1. The summed E-state index contributed by atoms with van der Waals surface area (Å²) < 4.78 is 0. The van der Waals surface area contributed by atoms with Crippen LogP contribution in [0.5, 0.6) is 0 Å². The van der Waals surface area contributed by atoms with Crippen molar-refractivity contribution in [2.24, 2.45) is 0 Å². The Kier molecular flexibility index (Phi) is 3.74. The summed E-state index contributed by atoms with van der Waals surface area (Å²) in [5.41, 5.74) is 3.45. The Balaban J connectivity index is 1.74. The van der Waals surface area contributed by atoms with Crippen LogP contribution < -0.4 is 0 Å². The smallest absolute Gasteiger partial charge is 0.137 e. The van der Waals surface area contributed by atoms with Crippen molar-refractivity contribution in [1.29, 1.82) is 0 Å². The van der Waals surface area contributed by atoms with Crippen LogP contribution in [-0.2, 0) is 13.1 Å². The van der Waals surface area contributed by atoms with E-state index in [0.717, 1.165) is 25.3 Å². The van der Waals surface area contributed by atoms with Crippen molar-refractivity contribution in [3.05, 3.63) is 60.2 Å². The molecule has 0 amide bonds. The molecule has 0 bridgehead atoms. The average Bonchev–Trinajstić information content (AvgIpc) is 2.90. The summed E-state index contributed by atoms with van der Waals surface area (Å²) >= 11 is 0. The van der Waals surface area contributed by atoms with E-state index >= 15 is 0 Å².